The summed E-state index contributed by atoms with van der Waals surface area (Å²) >= 11 is 0. The van der Waals surface area contributed by atoms with Gasteiger partial charge in [-0.3, -0.25) is 0 Å². The van der Waals surface area contributed by atoms with Gasteiger partial charge in [0.2, 0.25) is 0 Å². The normalized spacial score (nSPS) is 26.0. The molecule has 0 saturated heterocycles. The van der Waals surface area contributed by atoms with E-state index in [0.29, 0.717) is 33.0 Å². The number of rotatable bonds is 0. The zero-order valence-electron chi connectivity index (χ0n) is 13.0. The molecule has 3 aromatic rings. The lowest BCUT2D eigenvalue weighted by molar-refractivity contribution is 0.0519. The number of fused-ring (bicyclic) bond motifs is 4. The van der Waals surface area contributed by atoms with E-state index in [1.165, 1.54) is 6.07 Å². The smallest absolute Gasteiger partial charge is 0.131 e. The Labute approximate surface area is 133 Å². The average Bonchev–Trinajstić information content (AvgIpc) is 2.53. The summed E-state index contributed by atoms with van der Waals surface area (Å²) < 4.78 is 14.6. The van der Waals surface area contributed by atoms with Gasteiger partial charge in [0.05, 0.1) is 0 Å². The van der Waals surface area contributed by atoms with Crippen LogP contribution in [0.25, 0.3) is 10.8 Å². The van der Waals surface area contributed by atoms with Crippen LogP contribution in [0.2, 0.25) is 0 Å². The number of halogens is 1. The molecule has 1 aliphatic rings. The van der Waals surface area contributed by atoms with E-state index in [9.17, 15) is 14.6 Å². The predicted molar refractivity (Wildman–Crippen MR) is 87.7 cm³/mol. The van der Waals surface area contributed by atoms with E-state index in [4.69, 9.17) is 0 Å². The lowest BCUT2D eigenvalue weighted by atomic mass is 9.67. The molecule has 2 nitrogen and oxygen atoms in total. The molecule has 0 amide bonds. The van der Waals surface area contributed by atoms with Gasteiger partial charge < -0.3 is 10.2 Å². The Morgan fingerprint density at radius 1 is 0.739 bits per heavy atom. The van der Waals surface area contributed by atoms with Crippen molar-refractivity contribution >= 4 is 10.8 Å². The fraction of sp³-hybridized carbons (Fsp3) is 0.200. The molecule has 3 heteroatoms. The molecule has 2 N–H and O–H groups in total. The van der Waals surface area contributed by atoms with E-state index in [1.54, 1.807) is 38.1 Å². The van der Waals surface area contributed by atoms with Crippen LogP contribution in [0.3, 0.4) is 0 Å². The minimum absolute atomic E-state index is 0.394. The lowest BCUT2D eigenvalue weighted by Gasteiger charge is -2.42. The highest BCUT2D eigenvalue weighted by Gasteiger charge is 2.45. The summed E-state index contributed by atoms with van der Waals surface area (Å²) in [7, 11) is 0. The minimum Gasteiger partial charge on any atom is -0.381 e. The second-order valence-electron chi connectivity index (χ2n) is 6.52. The standard InChI is InChI=1S/C20H17FO2/c1-19(22)14-9-5-6-10-15(14)20(2,23)18-13-8-4-3-7-12(13)17(21)11-16(18)19/h3-11,22-23H,1-2H3/t19-,20+/m1/s1. The molecule has 0 aromatic heterocycles. The van der Waals surface area contributed by atoms with Gasteiger partial charge in [-0.05, 0) is 42.0 Å². The second kappa shape index (κ2) is 4.40. The van der Waals surface area contributed by atoms with Crippen LogP contribution >= 0.6 is 0 Å². The van der Waals surface area contributed by atoms with Gasteiger partial charge in [-0.15, -0.1) is 0 Å². The quantitative estimate of drug-likeness (QED) is 0.663. The summed E-state index contributed by atoms with van der Waals surface area (Å²) in [5, 5.41) is 23.5. The largest absolute Gasteiger partial charge is 0.381 e. The van der Waals surface area contributed by atoms with Crippen LogP contribution in [0.4, 0.5) is 4.39 Å². The van der Waals surface area contributed by atoms with E-state index in [1.807, 2.05) is 24.3 Å². The van der Waals surface area contributed by atoms with Crippen LogP contribution in [0.15, 0.2) is 54.6 Å². The number of benzene rings is 3. The molecule has 0 saturated carbocycles. The third-order valence-corrected chi connectivity index (χ3v) is 4.98. The second-order valence-corrected chi connectivity index (χ2v) is 6.52. The van der Waals surface area contributed by atoms with Crippen LogP contribution in [0, 0.1) is 5.82 Å². The van der Waals surface area contributed by atoms with Gasteiger partial charge in [-0.25, -0.2) is 4.39 Å². The first-order valence-corrected chi connectivity index (χ1v) is 7.62. The van der Waals surface area contributed by atoms with Gasteiger partial charge in [0.15, 0.2) is 0 Å². The maximum atomic E-state index is 14.6. The fourth-order valence-corrected chi connectivity index (χ4v) is 3.85. The van der Waals surface area contributed by atoms with Crippen LogP contribution in [0.1, 0.15) is 36.1 Å². The highest BCUT2D eigenvalue weighted by molar-refractivity contribution is 5.90. The Morgan fingerprint density at radius 3 is 1.91 bits per heavy atom. The predicted octanol–water partition coefficient (Wildman–Crippen LogP) is 3.80. The average molecular weight is 308 g/mol. The molecule has 0 aliphatic heterocycles. The molecule has 1 aliphatic carbocycles. The molecule has 0 heterocycles. The van der Waals surface area contributed by atoms with Crippen molar-refractivity contribution in [2.45, 2.75) is 25.0 Å². The molecular formula is C20H17FO2. The summed E-state index contributed by atoms with van der Waals surface area (Å²) in [6.45, 7) is 3.35. The van der Waals surface area contributed by atoms with E-state index in [2.05, 4.69) is 0 Å². The fourth-order valence-electron chi connectivity index (χ4n) is 3.85. The van der Waals surface area contributed by atoms with Crippen LogP contribution < -0.4 is 0 Å². The van der Waals surface area contributed by atoms with Crippen LogP contribution in [-0.2, 0) is 11.2 Å². The summed E-state index contributed by atoms with van der Waals surface area (Å²) in [5.74, 6) is -0.394. The van der Waals surface area contributed by atoms with Gasteiger partial charge >= 0.3 is 0 Å². The lowest BCUT2D eigenvalue weighted by Crippen LogP contribution is -2.40. The van der Waals surface area contributed by atoms with Crippen molar-refractivity contribution in [1.29, 1.82) is 0 Å². The Bertz CT molecular complexity index is 942. The topological polar surface area (TPSA) is 40.5 Å². The van der Waals surface area contributed by atoms with Crippen molar-refractivity contribution in [1.82, 2.24) is 0 Å². The SMILES string of the molecule is C[C@@]1(O)c2ccccc2[C@](C)(O)c2c1cc(F)c1ccccc21. The van der Waals surface area contributed by atoms with Gasteiger partial charge in [-0.1, -0.05) is 48.5 Å². The molecule has 0 radical (unpaired) electrons. The van der Waals surface area contributed by atoms with E-state index in [0.717, 1.165) is 0 Å². The number of hydrogen-bond donors (Lipinski definition) is 2. The van der Waals surface area contributed by atoms with Gasteiger partial charge in [0.1, 0.15) is 17.0 Å². The molecule has 2 atom stereocenters. The summed E-state index contributed by atoms with van der Waals surface area (Å²) in [6.07, 6.45) is 0. The molecule has 0 fully saturated rings. The van der Waals surface area contributed by atoms with E-state index >= 15 is 0 Å². The monoisotopic (exact) mass is 308 g/mol. The van der Waals surface area contributed by atoms with Gasteiger partial charge in [0.25, 0.3) is 0 Å². The third kappa shape index (κ3) is 1.75. The zero-order chi connectivity index (χ0) is 16.4. The zero-order valence-corrected chi connectivity index (χ0v) is 13.0. The Hall–Kier alpha value is -2.23. The molecular weight excluding hydrogens is 291 g/mol. The molecule has 0 bridgehead atoms. The van der Waals surface area contributed by atoms with Gasteiger partial charge in [0, 0.05) is 10.9 Å². The molecule has 0 spiro atoms. The molecule has 3 aromatic carbocycles. The summed E-state index contributed by atoms with van der Waals surface area (Å²) in [4.78, 5) is 0. The first-order valence-electron chi connectivity index (χ1n) is 7.62. The number of aliphatic hydroxyl groups is 2. The maximum absolute atomic E-state index is 14.6. The molecule has 116 valence electrons. The summed E-state index contributed by atoms with van der Waals surface area (Å²) in [5.41, 5.74) is -0.433. The van der Waals surface area contributed by atoms with Crippen molar-refractivity contribution < 1.29 is 14.6 Å². The van der Waals surface area contributed by atoms with E-state index in [-0.39, 0.29) is 0 Å². The molecule has 23 heavy (non-hydrogen) atoms. The van der Waals surface area contributed by atoms with Crippen molar-refractivity contribution in [3.05, 3.63) is 82.7 Å². The molecule has 4 rings (SSSR count). The van der Waals surface area contributed by atoms with Crippen molar-refractivity contribution in [3.8, 4) is 0 Å². The Balaban J connectivity index is 2.22. The van der Waals surface area contributed by atoms with E-state index < -0.39 is 17.0 Å². The van der Waals surface area contributed by atoms with Crippen molar-refractivity contribution in [3.63, 3.8) is 0 Å². The van der Waals surface area contributed by atoms with Crippen LogP contribution in [-0.4, -0.2) is 10.2 Å². The molecule has 0 unspecified atom stereocenters. The Kier molecular flexibility index (Phi) is 2.75. The maximum Gasteiger partial charge on any atom is 0.131 e. The minimum atomic E-state index is -1.36. The third-order valence-electron chi connectivity index (χ3n) is 4.98. The number of hydrogen-bond acceptors (Lipinski definition) is 2. The highest BCUT2D eigenvalue weighted by atomic mass is 19.1. The van der Waals surface area contributed by atoms with Gasteiger partial charge in [-0.2, -0.15) is 0 Å². The van der Waals surface area contributed by atoms with Crippen molar-refractivity contribution in [2.75, 3.05) is 0 Å². The van der Waals surface area contributed by atoms with Crippen molar-refractivity contribution in [2.24, 2.45) is 0 Å². The first-order chi connectivity index (χ1) is 10.8. The van der Waals surface area contributed by atoms with Crippen LogP contribution in [0.5, 0.6) is 0 Å². The summed E-state index contributed by atoms with van der Waals surface area (Å²) in [6, 6.07) is 15.6. The highest BCUT2D eigenvalue weighted by Crippen LogP contribution is 2.50. The Morgan fingerprint density at radius 2 is 1.26 bits per heavy atom. The first kappa shape index (κ1) is 14.4.